The quantitative estimate of drug-likeness (QED) is 0.699. The first-order chi connectivity index (χ1) is 14.1. The molecule has 0 atom stereocenters. The Labute approximate surface area is 170 Å². The van der Waals surface area contributed by atoms with Crippen LogP contribution in [-0.4, -0.2) is 28.2 Å². The number of anilines is 1. The average Bonchev–Trinajstić information content (AvgIpc) is 3.05. The molecule has 0 saturated heterocycles. The Bertz CT molecular complexity index is 1090. The minimum atomic E-state index is -0.121. The molecule has 1 aliphatic heterocycles. The Kier molecular flexibility index (Phi) is 4.38. The number of carbonyl (C=O) groups is 2. The minimum Gasteiger partial charge on any atom is -0.358 e. The number of rotatable bonds is 3. The van der Waals surface area contributed by atoms with E-state index in [1.165, 1.54) is 12.1 Å². The molecule has 3 aromatic rings. The van der Waals surface area contributed by atoms with E-state index in [4.69, 9.17) is 0 Å². The Hall–Kier alpha value is -3.08. The fraction of sp³-hybridized carbons (Fsp3) is 0.333. The summed E-state index contributed by atoms with van der Waals surface area (Å²) in [6.45, 7) is 3.43. The predicted octanol–water partition coefficient (Wildman–Crippen LogP) is 4.41. The van der Waals surface area contributed by atoms with Gasteiger partial charge in [-0.05, 0) is 50.1 Å². The molecule has 0 unspecified atom stereocenters. The van der Waals surface area contributed by atoms with Crippen molar-refractivity contribution in [2.45, 2.75) is 39.2 Å². The summed E-state index contributed by atoms with van der Waals surface area (Å²) in [5.41, 5.74) is 5.94. The highest BCUT2D eigenvalue weighted by Crippen LogP contribution is 2.33. The van der Waals surface area contributed by atoms with Crippen molar-refractivity contribution in [2.75, 3.05) is 11.9 Å². The van der Waals surface area contributed by atoms with E-state index in [0.29, 0.717) is 18.0 Å². The van der Waals surface area contributed by atoms with Crippen molar-refractivity contribution in [2.24, 2.45) is 5.92 Å². The van der Waals surface area contributed by atoms with Gasteiger partial charge < -0.3 is 15.2 Å². The Morgan fingerprint density at radius 1 is 1.10 bits per heavy atom. The number of aryl methyl sites for hydroxylation is 1. The van der Waals surface area contributed by atoms with Gasteiger partial charge in [-0.3, -0.25) is 9.59 Å². The van der Waals surface area contributed by atoms with Crippen molar-refractivity contribution in [1.82, 2.24) is 9.88 Å². The van der Waals surface area contributed by atoms with Crippen LogP contribution in [0, 0.1) is 12.8 Å². The van der Waals surface area contributed by atoms with Crippen molar-refractivity contribution in [3.8, 4) is 0 Å². The molecule has 5 heteroatoms. The second-order valence-corrected chi connectivity index (χ2v) is 8.30. The van der Waals surface area contributed by atoms with Gasteiger partial charge >= 0.3 is 0 Å². The molecule has 5 nitrogen and oxygen atoms in total. The molecule has 1 saturated carbocycles. The summed E-state index contributed by atoms with van der Waals surface area (Å²) in [5.74, 6) is 0.394. The number of hydrogen-bond acceptors (Lipinski definition) is 2. The second kappa shape index (κ2) is 7.07. The Morgan fingerprint density at radius 3 is 2.62 bits per heavy atom. The van der Waals surface area contributed by atoms with Crippen molar-refractivity contribution < 1.29 is 9.59 Å². The molecule has 2 aliphatic rings. The lowest BCUT2D eigenvalue weighted by Crippen LogP contribution is -2.41. The topological polar surface area (TPSA) is 65.2 Å². The van der Waals surface area contributed by atoms with E-state index in [2.05, 4.69) is 10.3 Å². The molecule has 0 spiro atoms. The first-order valence-electron chi connectivity index (χ1n) is 10.4. The summed E-state index contributed by atoms with van der Waals surface area (Å²) in [5, 5.41) is 4.01. The van der Waals surface area contributed by atoms with Crippen LogP contribution in [0.2, 0.25) is 0 Å². The van der Waals surface area contributed by atoms with Gasteiger partial charge in [0.15, 0.2) is 0 Å². The lowest BCUT2D eigenvalue weighted by atomic mass is 9.84. The number of H-pyrrole nitrogens is 1. The van der Waals surface area contributed by atoms with Crippen molar-refractivity contribution in [1.29, 1.82) is 0 Å². The van der Waals surface area contributed by atoms with Gasteiger partial charge in [-0.1, -0.05) is 24.1 Å². The monoisotopic (exact) mass is 387 g/mol. The molecular weight excluding hydrogens is 362 g/mol. The van der Waals surface area contributed by atoms with E-state index in [9.17, 15) is 9.59 Å². The zero-order valence-corrected chi connectivity index (χ0v) is 16.6. The second-order valence-electron chi connectivity index (χ2n) is 8.30. The number of hydrogen-bond donors (Lipinski definition) is 2. The summed E-state index contributed by atoms with van der Waals surface area (Å²) in [6, 6.07) is 13.6. The highest BCUT2D eigenvalue weighted by Gasteiger charge is 2.32. The van der Waals surface area contributed by atoms with Crippen LogP contribution >= 0.6 is 0 Å². The molecule has 29 heavy (non-hydrogen) atoms. The molecule has 2 heterocycles. The number of nitrogens with zero attached hydrogens (tertiary/aromatic N) is 1. The van der Waals surface area contributed by atoms with Crippen LogP contribution in [0.15, 0.2) is 42.5 Å². The largest absolute Gasteiger partial charge is 0.358 e. The highest BCUT2D eigenvalue weighted by molar-refractivity contribution is 6.06. The van der Waals surface area contributed by atoms with E-state index in [0.717, 1.165) is 53.5 Å². The standard InChI is InChI=1S/C24H25N3O2/c1-15-5-8-18(9-6-15)25-23(28)17-7-10-21-19(13-17)20-14-27(12-11-22(20)26-21)24(29)16-3-2-4-16/h5-10,13,16,26H,2-4,11-12,14H2,1H3,(H,25,28). The van der Waals surface area contributed by atoms with Crippen LogP contribution in [0.4, 0.5) is 5.69 Å². The molecule has 1 fully saturated rings. The third kappa shape index (κ3) is 3.31. The summed E-state index contributed by atoms with van der Waals surface area (Å²) in [4.78, 5) is 30.9. The summed E-state index contributed by atoms with van der Waals surface area (Å²) < 4.78 is 0. The smallest absolute Gasteiger partial charge is 0.255 e. The highest BCUT2D eigenvalue weighted by atomic mass is 16.2. The Balaban J connectivity index is 1.41. The minimum absolute atomic E-state index is 0.121. The van der Waals surface area contributed by atoms with Gasteiger partial charge in [0.1, 0.15) is 0 Å². The molecule has 148 valence electrons. The first-order valence-corrected chi connectivity index (χ1v) is 10.4. The van der Waals surface area contributed by atoms with Gasteiger partial charge in [0.05, 0.1) is 0 Å². The van der Waals surface area contributed by atoms with Gasteiger partial charge in [0, 0.05) is 58.8 Å². The lowest BCUT2D eigenvalue weighted by molar-refractivity contribution is -0.139. The van der Waals surface area contributed by atoms with Crippen LogP contribution in [0.25, 0.3) is 10.9 Å². The number of aromatic nitrogens is 1. The van der Waals surface area contributed by atoms with Crippen molar-refractivity contribution in [3.63, 3.8) is 0 Å². The number of fused-ring (bicyclic) bond motifs is 3. The molecule has 0 radical (unpaired) electrons. The average molecular weight is 387 g/mol. The van der Waals surface area contributed by atoms with Gasteiger partial charge in [0.25, 0.3) is 5.91 Å². The maximum atomic E-state index is 12.8. The third-order valence-electron chi connectivity index (χ3n) is 6.31. The number of amides is 2. The molecule has 1 aliphatic carbocycles. The fourth-order valence-electron chi connectivity index (χ4n) is 4.30. The van der Waals surface area contributed by atoms with E-state index < -0.39 is 0 Å². The molecular formula is C24H25N3O2. The number of aromatic amines is 1. The Morgan fingerprint density at radius 2 is 1.90 bits per heavy atom. The lowest BCUT2D eigenvalue weighted by Gasteiger charge is -2.34. The number of carbonyl (C=O) groups excluding carboxylic acids is 2. The van der Waals surface area contributed by atoms with Crippen LogP contribution < -0.4 is 5.32 Å². The SMILES string of the molecule is Cc1ccc(NC(=O)c2ccc3[nH]c4c(c3c2)CN(C(=O)C2CCC2)CC4)cc1. The van der Waals surface area contributed by atoms with Crippen LogP contribution in [-0.2, 0) is 17.8 Å². The normalized spacial score (nSPS) is 16.4. The van der Waals surface area contributed by atoms with Gasteiger partial charge in [-0.25, -0.2) is 0 Å². The zero-order valence-electron chi connectivity index (χ0n) is 16.6. The van der Waals surface area contributed by atoms with E-state index in [1.807, 2.05) is 54.3 Å². The summed E-state index contributed by atoms with van der Waals surface area (Å²) in [7, 11) is 0. The van der Waals surface area contributed by atoms with E-state index in [-0.39, 0.29) is 11.8 Å². The molecule has 1 aromatic heterocycles. The predicted molar refractivity (Wildman–Crippen MR) is 114 cm³/mol. The van der Waals surface area contributed by atoms with Gasteiger partial charge in [-0.2, -0.15) is 0 Å². The van der Waals surface area contributed by atoms with E-state index in [1.54, 1.807) is 0 Å². The maximum Gasteiger partial charge on any atom is 0.255 e. The third-order valence-corrected chi connectivity index (χ3v) is 6.31. The van der Waals surface area contributed by atoms with Gasteiger partial charge in [-0.15, -0.1) is 0 Å². The fourth-order valence-corrected chi connectivity index (χ4v) is 4.30. The molecule has 0 bridgehead atoms. The van der Waals surface area contributed by atoms with Crippen LogP contribution in [0.5, 0.6) is 0 Å². The van der Waals surface area contributed by atoms with Gasteiger partial charge in [0.2, 0.25) is 5.91 Å². The van der Waals surface area contributed by atoms with E-state index >= 15 is 0 Å². The maximum absolute atomic E-state index is 12.8. The molecule has 5 rings (SSSR count). The number of nitrogens with one attached hydrogen (secondary N) is 2. The summed E-state index contributed by atoms with van der Waals surface area (Å²) in [6.07, 6.45) is 4.06. The van der Waals surface area contributed by atoms with Crippen molar-refractivity contribution in [3.05, 3.63) is 64.8 Å². The molecule has 2 N–H and O–H groups in total. The van der Waals surface area contributed by atoms with Crippen LogP contribution in [0.1, 0.15) is 46.4 Å². The molecule has 2 aromatic carbocycles. The zero-order chi connectivity index (χ0) is 20.0. The summed E-state index contributed by atoms with van der Waals surface area (Å²) >= 11 is 0. The number of benzene rings is 2. The first kappa shape index (κ1) is 18.0. The molecule has 2 amide bonds. The van der Waals surface area contributed by atoms with Crippen LogP contribution in [0.3, 0.4) is 0 Å². The van der Waals surface area contributed by atoms with Crippen molar-refractivity contribution >= 4 is 28.4 Å².